The maximum atomic E-state index is 5.11. The summed E-state index contributed by atoms with van der Waals surface area (Å²) in [5.41, 5.74) is 0. The second kappa shape index (κ2) is 6.19. The number of thiocarbonyl (C=S) groups is 1. The molecule has 1 rings (SSSR count). The molecule has 0 bridgehead atoms. The topological polar surface area (TPSA) is 27.3 Å². The van der Waals surface area contributed by atoms with Crippen LogP contribution in [0.3, 0.4) is 0 Å². The zero-order valence-corrected chi connectivity index (χ0v) is 9.99. The average molecular weight is 215 g/mol. The molecule has 0 aromatic carbocycles. The Morgan fingerprint density at radius 2 is 2.21 bits per heavy atom. The molecule has 1 unspecified atom stereocenters. The summed E-state index contributed by atoms with van der Waals surface area (Å²) in [6.45, 7) is 9.84. The number of rotatable bonds is 4. The molecule has 0 aromatic heterocycles. The predicted octanol–water partition coefficient (Wildman–Crippen LogP) is 0.812. The lowest BCUT2D eigenvalue weighted by Gasteiger charge is -2.15. The first kappa shape index (κ1) is 11.7. The van der Waals surface area contributed by atoms with Crippen LogP contribution in [-0.4, -0.2) is 42.7 Å². The van der Waals surface area contributed by atoms with E-state index in [1.54, 1.807) is 0 Å². The Morgan fingerprint density at radius 1 is 1.43 bits per heavy atom. The molecule has 0 radical (unpaired) electrons. The van der Waals surface area contributed by atoms with Crippen LogP contribution in [0.1, 0.15) is 20.3 Å². The third kappa shape index (κ3) is 3.80. The van der Waals surface area contributed by atoms with E-state index in [0.717, 1.165) is 24.1 Å². The van der Waals surface area contributed by atoms with Gasteiger partial charge in [0.1, 0.15) is 0 Å². The molecular formula is C10H21N3S. The molecule has 14 heavy (non-hydrogen) atoms. The summed E-state index contributed by atoms with van der Waals surface area (Å²) < 4.78 is 0. The van der Waals surface area contributed by atoms with Gasteiger partial charge in [-0.2, -0.15) is 0 Å². The normalized spacial score (nSPS) is 22.3. The number of hydrogen-bond acceptors (Lipinski definition) is 2. The fraction of sp³-hybridized carbons (Fsp3) is 0.900. The van der Waals surface area contributed by atoms with E-state index in [2.05, 4.69) is 29.4 Å². The summed E-state index contributed by atoms with van der Waals surface area (Å²) in [6.07, 6.45) is 1.30. The zero-order chi connectivity index (χ0) is 10.4. The third-order valence-corrected chi connectivity index (χ3v) is 2.99. The van der Waals surface area contributed by atoms with Crippen LogP contribution in [0, 0.1) is 5.92 Å². The maximum Gasteiger partial charge on any atom is 0.166 e. The molecule has 82 valence electrons. The van der Waals surface area contributed by atoms with Crippen molar-refractivity contribution >= 4 is 17.3 Å². The van der Waals surface area contributed by atoms with Crippen molar-refractivity contribution in [2.45, 2.75) is 20.3 Å². The van der Waals surface area contributed by atoms with Gasteiger partial charge in [0.15, 0.2) is 5.11 Å². The van der Waals surface area contributed by atoms with E-state index < -0.39 is 0 Å². The fourth-order valence-corrected chi connectivity index (χ4v) is 2.05. The number of nitrogens with zero attached hydrogens (tertiary/aromatic N) is 1. The molecule has 0 amide bonds. The summed E-state index contributed by atoms with van der Waals surface area (Å²) in [7, 11) is 0. The van der Waals surface area contributed by atoms with Gasteiger partial charge in [0.25, 0.3) is 0 Å². The van der Waals surface area contributed by atoms with Crippen molar-refractivity contribution in [3.63, 3.8) is 0 Å². The van der Waals surface area contributed by atoms with Crippen molar-refractivity contribution in [2.75, 3.05) is 32.7 Å². The molecule has 0 aliphatic carbocycles. The summed E-state index contributed by atoms with van der Waals surface area (Å²) >= 11 is 5.11. The van der Waals surface area contributed by atoms with E-state index >= 15 is 0 Å². The second-order valence-corrected chi connectivity index (χ2v) is 4.20. The monoisotopic (exact) mass is 215 g/mol. The van der Waals surface area contributed by atoms with Crippen molar-refractivity contribution in [3.8, 4) is 0 Å². The van der Waals surface area contributed by atoms with Gasteiger partial charge in [0, 0.05) is 19.6 Å². The molecule has 1 saturated heterocycles. The van der Waals surface area contributed by atoms with Crippen LogP contribution < -0.4 is 10.6 Å². The molecule has 2 N–H and O–H groups in total. The van der Waals surface area contributed by atoms with Gasteiger partial charge in [-0.1, -0.05) is 6.92 Å². The summed E-state index contributed by atoms with van der Waals surface area (Å²) in [6, 6.07) is 0. The Kier molecular flexibility index (Phi) is 5.19. The van der Waals surface area contributed by atoms with Crippen LogP contribution in [0.15, 0.2) is 0 Å². The van der Waals surface area contributed by atoms with E-state index in [9.17, 15) is 0 Å². The first-order valence-electron chi connectivity index (χ1n) is 5.50. The lowest BCUT2D eigenvalue weighted by atomic mass is 10.1. The van der Waals surface area contributed by atoms with Crippen LogP contribution in [0.5, 0.6) is 0 Å². The van der Waals surface area contributed by atoms with Gasteiger partial charge in [-0.25, -0.2) is 0 Å². The summed E-state index contributed by atoms with van der Waals surface area (Å²) in [5.74, 6) is 0.770. The van der Waals surface area contributed by atoms with Crippen molar-refractivity contribution in [1.29, 1.82) is 0 Å². The molecule has 0 aromatic rings. The molecule has 3 nitrogen and oxygen atoms in total. The molecule has 1 heterocycles. The minimum atomic E-state index is 0.770. The lowest BCUT2D eigenvalue weighted by Crippen LogP contribution is -2.38. The Hall–Kier alpha value is -0.350. The number of nitrogens with one attached hydrogen (secondary N) is 2. The van der Waals surface area contributed by atoms with Crippen LogP contribution in [0.25, 0.3) is 0 Å². The third-order valence-electron chi connectivity index (χ3n) is 2.71. The van der Waals surface area contributed by atoms with Crippen LogP contribution >= 0.6 is 12.2 Å². The Morgan fingerprint density at radius 3 is 2.79 bits per heavy atom. The van der Waals surface area contributed by atoms with Gasteiger partial charge in [-0.15, -0.1) is 0 Å². The van der Waals surface area contributed by atoms with E-state index in [4.69, 9.17) is 12.2 Å². The van der Waals surface area contributed by atoms with Crippen LogP contribution in [-0.2, 0) is 0 Å². The molecule has 4 heteroatoms. The summed E-state index contributed by atoms with van der Waals surface area (Å²) in [4.78, 5) is 2.49. The minimum absolute atomic E-state index is 0.770. The highest BCUT2D eigenvalue weighted by Crippen LogP contribution is 2.14. The van der Waals surface area contributed by atoms with E-state index in [1.807, 2.05) is 0 Å². The van der Waals surface area contributed by atoms with Gasteiger partial charge >= 0.3 is 0 Å². The zero-order valence-electron chi connectivity index (χ0n) is 9.18. The van der Waals surface area contributed by atoms with Crippen LogP contribution in [0.2, 0.25) is 0 Å². The lowest BCUT2D eigenvalue weighted by molar-refractivity contribution is 0.342. The van der Waals surface area contributed by atoms with Gasteiger partial charge < -0.3 is 15.5 Å². The van der Waals surface area contributed by atoms with Crippen molar-refractivity contribution < 1.29 is 0 Å². The molecule has 1 aliphatic rings. The maximum absolute atomic E-state index is 5.11. The molecule has 1 aliphatic heterocycles. The van der Waals surface area contributed by atoms with Crippen LogP contribution in [0.4, 0.5) is 0 Å². The first-order valence-corrected chi connectivity index (χ1v) is 5.91. The Balaban J connectivity index is 2.11. The Bertz CT molecular complexity index is 184. The summed E-state index contributed by atoms with van der Waals surface area (Å²) in [5, 5.41) is 7.16. The Labute approximate surface area is 92.2 Å². The smallest absolute Gasteiger partial charge is 0.166 e. The van der Waals surface area contributed by atoms with E-state index in [0.29, 0.717) is 0 Å². The van der Waals surface area contributed by atoms with E-state index in [-0.39, 0.29) is 0 Å². The van der Waals surface area contributed by atoms with Gasteiger partial charge in [-0.05, 0) is 44.6 Å². The molecule has 0 saturated carbocycles. The highest BCUT2D eigenvalue weighted by Gasteiger charge is 2.20. The van der Waals surface area contributed by atoms with Gasteiger partial charge in [0.05, 0.1) is 0 Å². The van der Waals surface area contributed by atoms with Crippen molar-refractivity contribution in [1.82, 2.24) is 15.5 Å². The minimum Gasteiger partial charge on any atom is -0.363 e. The van der Waals surface area contributed by atoms with E-state index in [1.165, 1.54) is 26.1 Å². The second-order valence-electron chi connectivity index (χ2n) is 3.79. The molecule has 1 atom stereocenters. The predicted molar refractivity (Wildman–Crippen MR) is 64.5 cm³/mol. The number of hydrogen-bond donors (Lipinski definition) is 2. The molecule has 0 spiro atoms. The highest BCUT2D eigenvalue weighted by molar-refractivity contribution is 7.80. The standard InChI is InChI=1S/C10H21N3S/c1-3-11-10(14)12-7-9-5-6-13(4-2)8-9/h9H,3-8H2,1-2H3,(H2,11,12,14). The fourth-order valence-electron chi connectivity index (χ4n) is 1.83. The van der Waals surface area contributed by atoms with Gasteiger partial charge in [-0.3, -0.25) is 0 Å². The largest absolute Gasteiger partial charge is 0.363 e. The molecular weight excluding hydrogens is 194 g/mol. The highest BCUT2D eigenvalue weighted by atomic mass is 32.1. The average Bonchev–Trinajstić information content (AvgIpc) is 2.63. The van der Waals surface area contributed by atoms with Crippen molar-refractivity contribution in [2.24, 2.45) is 5.92 Å². The first-order chi connectivity index (χ1) is 6.76. The van der Waals surface area contributed by atoms with Crippen molar-refractivity contribution in [3.05, 3.63) is 0 Å². The SMILES string of the molecule is CCNC(=S)NCC1CCN(CC)C1. The number of likely N-dealkylation sites (tertiary alicyclic amines) is 1. The molecule has 1 fully saturated rings. The van der Waals surface area contributed by atoms with Gasteiger partial charge in [0.2, 0.25) is 0 Å². The quantitative estimate of drug-likeness (QED) is 0.679.